The molecule has 0 bridgehead atoms. The molecule has 0 spiro atoms. The van der Waals surface area contributed by atoms with Crippen LogP contribution in [-0.2, 0) is 11.3 Å². The Morgan fingerprint density at radius 1 is 1.06 bits per heavy atom. The third kappa shape index (κ3) is 3.38. The van der Waals surface area contributed by atoms with Gasteiger partial charge in [-0.05, 0) is 31.2 Å². The lowest BCUT2D eigenvalue weighted by atomic mass is 10.1. The van der Waals surface area contributed by atoms with E-state index in [0.717, 1.165) is 28.1 Å². The first-order valence-corrected chi connectivity index (χ1v) is 10.4. The van der Waals surface area contributed by atoms with Crippen LogP contribution in [0.2, 0.25) is 0 Å². The van der Waals surface area contributed by atoms with Gasteiger partial charge in [-0.1, -0.05) is 30.3 Å². The summed E-state index contributed by atoms with van der Waals surface area (Å²) in [5.41, 5.74) is 2.36. The minimum absolute atomic E-state index is 0.0344. The van der Waals surface area contributed by atoms with Crippen LogP contribution in [-0.4, -0.2) is 63.2 Å². The molecule has 5 rings (SSSR count). The van der Waals surface area contributed by atoms with Crippen molar-refractivity contribution in [2.45, 2.75) is 19.6 Å². The molecule has 0 radical (unpaired) electrons. The molecule has 4 aromatic rings. The van der Waals surface area contributed by atoms with Crippen LogP contribution >= 0.6 is 0 Å². The Hall–Kier alpha value is -3.52. The van der Waals surface area contributed by atoms with Crippen molar-refractivity contribution in [1.29, 1.82) is 0 Å². The molecule has 8 heteroatoms. The van der Waals surface area contributed by atoms with Crippen molar-refractivity contribution in [3.8, 4) is 0 Å². The highest BCUT2D eigenvalue weighted by atomic mass is 16.5. The summed E-state index contributed by atoms with van der Waals surface area (Å²) >= 11 is 0. The molecule has 1 amide bonds. The van der Waals surface area contributed by atoms with Crippen LogP contribution in [0, 0.1) is 0 Å². The number of para-hydroxylation sites is 1. The summed E-state index contributed by atoms with van der Waals surface area (Å²) < 4.78 is 7.32. The van der Waals surface area contributed by atoms with E-state index in [4.69, 9.17) is 9.72 Å². The topological polar surface area (TPSA) is 75.9 Å². The lowest BCUT2D eigenvalue weighted by Gasteiger charge is -2.40. The van der Waals surface area contributed by atoms with E-state index >= 15 is 0 Å². The Kier molecular flexibility index (Phi) is 4.99. The maximum atomic E-state index is 13.0. The maximum Gasteiger partial charge on any atom is 0.254 e. The average molecular weight is 416 g/mol. The summed E-state index contributed by atoms with van der Waals surface area (Å²) in [4.78, 5) is 22.1. The molecule has 2 aromatic heterocycles. The van der Waals surface area contributed by atoms with Gasteiger partial charge in [-0.2, -0.15) is 0 Å². The van der Waals surface area contributed by atoms with E-state index in [2.05, 4.69) is 22.0 Å². The fourth-order valence-electron chi connectivity index (χ4n) is 4.24. The fraction of sp³-hybridized carbons (Fsp3) is 0.304. The van der Waals surface area contributed by atoms with Crippen LogP contribution < -0.4 is 4.90 Å². The highest BCUT2D eigenvalue weighted by molar-refractivity contribution is 5.95. The Bertz CT molecular complexity index is 1240. The molecule has 1 aliphatic rings. The Labute approximate surface area is 180 Å². The number of carbonyl (C=O) groups is 1. The second kappa shape index (κ2) is 7.96. The van der Waals surface area contributed by atoms with Crippen LogP contribution in [0.25, 0.3) is 16.6 Å². The molecular weight excluding hydrogens is 392 g/mol. The number of aromatic nitrogens is 4. The van der Waals surface area contributed by atoms with Gasteiger partial charge in [0, 0.05) is 43.7 Å². The number of amides is 1. The molecule has 1 aliphatic heterocycles. The minimum atomic E-state index is 0.0344. The first kappa shape index (κ1) is 19.4. The number of carbonyl (C=O) groups excluding carboxylic acids is 1. The van der Waals surface area contributed by atoms with Crippen molar-refractivity contribution in [2.24, 2.45) is 0 Å². The van der Waals surface area contributed by atoms with Gasteiger partial charge in [0.2, 0.25) is 5.95 Å². The fourth-order valence-corrected chi connectivity index (χ4v) is 4.24. The zero-order chi connectivity index (χ0) is 21.4. The molecule has 0 aliphatic carbocycles. The molecule has 1 fully saturated rings. The molecule has 1 atom stereocenters. The molecule has 0 N–H and O–H groups in total. The van der Waals surface area contributed by atoms with Gasteiger partial charge in [-0.3, -0.25) is 4.79 Å². The normalized spacial score (nSPS) is 16.9. The molecule has 2 aromatic carbocycles. The van der Waals surface area contributed by atoms with Gasteiger partial charge >= 0.3 is 0 Å². The number of nitrogens with zero attached hydrogens (tertiary/aromatic N) is 6. The second-order valence-corrected chi connectivity index (χ2v) is 7.80. The van der Waals surface area contributed by atoms with E-state index in [9.17, 15) is 4.79 Å². The zero-order valence-electron chi connectivity index (χ0n) is 17.6. The quantitative estimate of drug-likeness (QED) is 0.509. The predicted molar refractivity (Wildman–Crippen MR) is 118 cm³/mol. The lowest BCUT2D eigenvalue weighted by molar-refractivity contribution is 0.0673. The molecule has 3 heterocycles. The number of anilines is 1. The van der Waals surface area contributed by atoms with Crippen LogP contribution in [0.5, 0.6) is 0 Å². The van der Waals surface area contributed by atoms with Crippen molar-refractivity contribution in [3.05, 3.63) is 66.0 Å². The Morgan fingerprint density at radius 2 is 1.84 bits per heavy atom. The summed E-state index contributed by atoms with van der Waals surface area (Å²) in [6.45, 7) is 4.38. The monoisotopic (exact) mass is 416 g/mol. The number of ether oxygens (including phenoxy) is 1. The molecule has 8 nitrogen and oxygen atoms in total. The summed E-state index contributed by atoms with van der Waals surface area (Å²) in [7, 11) is 1.64. The standard InChI is InChI=1S/C23H24N6O2/c1-16-14-27(12-13-28(16)22(30)17-8-4-3-5-9-17)23-24-19-11-7-6-10-18(19)21-26-25-20(15-31-2)29(21)23/h3-11,16H,12-15H2,1-2H3/t16-/m0/s1. The van der Waals surface area contributed by atoms with E-state index in [1.54, 1.807) is 7.11 Å². The van der Waals surface area contributed by atoms with Gasteiger partial charge in [0.25, 0.3) is 5.91 Å². The smallest absolute Gasteiger partial charge is 0.254 e. The number of piperazine rings is 1. The largest absolute Gasteiger partial charge is 0.377 e. The second-order valence-electron chi connectivity index (χ2n) is 7.80. The van der Waals surface area contributed by atoms with Crippen molar-refractivity contribution < 1.29 is 9.53 Å². The molecule has 1 saturated heterocycles. The summed E-state index contributed by atoms with van der Waals surface area (Å²) in [5, 5.41) is 9.72. The van der Waals surface area contributed by atoms with E-state index in [-0.39, 0.29) is 11.9 Å². The third-order valence-corrected chi connectivity index (χ3v) is 5.76. The van der Waals surface area contributed by atoms with Gasteiger partial charge in [0.05, 0.1) is 5.52 Å². The van der Waals surface area contributed by atoms with Crippen LogP contribution in [0.1, 0.15) is 23.1 Å². The minimum Gasteiger partial charge on any atom is -0.377 e. The lowest BCUT2D eigenvalue weighted by Crippen LogP contribution is -2.54. The van der Waals surface area contributed by atoms with E-state index in [0.29, 0.717) is 32.1 Å². The number of benzene rings is 2. The van der Waals surface area contributed by atoms with E-state index in [1.165, 1.54) is 0 Å². The van der Waals surface area contributed by atoms with Crippen molar-refractivity contribution in [1.82, 2.24) is 24.5 Å². The number of fused-ring (bicyclic) bond motifs is 3. The van der Waals surface area contributed by atoms with Gasteiger partial charge in [-0.15, -0.1) is 10.2 Å². The Balaban J connectivity index is 1.51. The number of rotatable bonds is 4. The number of hydrogen-bond acceptors (Lipinski definition) is 6. The van der Waals surface area contributed by atoms with Crippen LogP contribution in [0.4, 0.5) is 5.95 Å². The average Bonchev–Trinajstić information content (AvgIpc) is 3.23. The SMILES string of the molecule is COCc1nnc2c3ccccc3nc(N3CCN(C(=O)c4ccccc4)[C@@H](C)C3)n12. The Morgan fingerprint density at radius 3 is 2.61 bits per heavy atom. The highest BCUT2D eigenvalue weighted by Crippen LogP contribution is 2.26. The maximum absolute atomic E-state index is 13.0. The molecule has 0 saturated carbocycles. The zero-order valence-corrected chi connectivity index (χ0v) is 17.6. The van der Waals surface area contributed by atoms with Gasteiger partial charge in [0.15, 0.2) is 11.5 Å². The first-order valence-electron chi connectivity index (χ1n) is 10.4. The molecular formula is C23H24N6O2. The van der Waals surface area contributed by atoms with E-state index < -0.39 is 0 Å². The first-order chi connectivity index (χ1) is 15.2. The van der Waals surface area contributed by atoms with E-state index in [1.807, 2.05) is 63.9 Å². The van der Waals surface area contributed by atoms with Crippen molar-refractivity contribution >= 4 is 28.4 Å². The van der Waals surface area contributed by atoms with Crippen LogP contribution in [0.15, 0.2) is 54.6 Å². The number of hydrogen-bond donors (Lipinski definition) is 0. The van der Waals surface area contributed by atoms with Crippen molar-refractivity contribution in [3.63, 3.8) is 0 Å². The molecule has 158 valence electrons. The summed E-state index contributed by atoms with van der Waals surface area (Å²) in [5.74, 6) is 1.55. The van der Waals surface area contributed by atoms with Crippen LogP contribution in [0.3, 0.4) is 0 Å². The molecule has 31 heavy (non-hydrogen) atoms. The van der Waals surface area contributed by atoms with Crippen molar-refractivity contribution in [2.75, 3.05) is 31.6 Å². The van der Waals surface area contributed by atoms with Gasteiger partial charge in [0.1, 0.15) is 6.61 Å². The summed E-state index contributed by atoms with van der Waals surface area (Å²) in [6, 6.07) is 17.4. The number of methoxy groups -OCH3 is 1. The summed E-state index contributed by atoms with van der Waals surface area (Å²) in [6.07, 6.45) is 0. The third-order valence-electron chi connectivity index (χ3n) is 5.76. The highest BCUT2D eigenvalue weighted by Gasteiger charge is 2.30. The van der Waals surface area contributed by atoms with Gasteiger partial charge in [-0.25, -0.2) is 9.38 Å². The van der Waals surface area contributed by atoms with Gasteiger partial charge < -0.3 is 14.5 Å². The molecule has 0 unspecified atom stereocenters. The predicted octanol–water partition coefficient (Wildman–Crippen LogP) is 2.77.